The quantitative estimate of drug-likeness (QED) is 0.101. The summed E-state index contributed by atoms with van der Waals surface area (Å²) in [6.07, 6.45) is 0. The van der Waals surface area contributed by atoms with Crippen LogP contribution in [-0.4, -0.2) is 54.3 Å². The van der Waals surface area contributed by atoms with Crippen molar-refractivity contribution >= 4 is 20.4 Å². The van der Waals surface area contributed by atoms with Crippen LogP contribution in [0.5, 0.6) is 0 Å². The van der Waals surface area contributed by atoms with Crippen molar-refractivity contribution in [3.63, 3.8) is 0 Å². The van der Waals surface area contributed by atoms with Gasteiger partial charge in [-0.15, -0.1) is 11.6 Å². The Morgan fingerprint density at radius 2 is 0.784 bits per heavy atom. The Kier molecular flexibility index (Phi) is 14.5. The van der Waals surface area contributed by atoms with Gasteiger partial charge in [0.15, 0.2) is 0 Å². The highest BCUT2D eigenvalue weighted by Crippen LogP contribution is 2.17. The molecule has 0 bridgehead atoms. The number of alkyl halides is 1. The van der Waals surface area contributed by atoms with E-state index >= 15 is 0 Å². The molecule has 0 aromatic heterocycles. The molecule has 0 saturated carbocycles. The summed E-state index contributed by atoms with van der Waals surface area (Å²) in [5.74, 6) is 0.368. The van der Waals surface area contributed by atoms with Crippen molar-refractivity contribution in [1.29, 1.82) is 0 Å². The monoisotopic (exact) mass is 544 g/mol. The van der Waals surface area contributed by atoms with E-state index in [4.69, 9.17) is 39.1 Å². The largest absolute Gasteiger partial charge is 0.502 e. The molecule has 0 heterocycles. The minimum Gasteiger partial charge on any atom is -0.374 e. The first-order valence-electron chi connectivity index (χ1n) is 12.6. The van der Waals surface area contributed by atoms with Crippen LogP contribution in [0.3, 0.4) is 0 Å². The summed E-state index contributed by atoms with van der Waals surface area (Å²) in [7, 11) is -3.06. The van der Waals surface area contributed by atoms with E-state index in [1.54, 1.807) is 0 Å². The fourth-order valence-electron chi connectivity index (χ4n) is 3.52. The summed E-state index contributed by atoms with van der Waals surface area (Å²) >= 11 is 6.15. The first-order chi connectivity index (χ1) is 18.3. The molecule has 3 rings (SSSR count). The molecule has 0 radical (unpaired) electrons. The maximum absolute atomic E-state index is 6.21. The summed E-state index contributed by atoms with van der Waals surface area (Å²) in [5.41, 5.74) is 3.35. The third-order valence-electron chi connectivity index (χ3n) is 5.38. The highest BCUT2D eigenvalue weighted by atomic mass is 35.5. The van der Waals surface area contributed by atoms with Gasteiger partial charge in [0, 0.05) is 11.9 Å². The van der Waals surface area contributed by atoms with E-state index in [-0.39, 0.29) is 0 Å². The molecule has 3 aromatic carbocycles. The first-order valence-corrected chi connectivity index (χ1v) is 15.1. The van der Waals surface area contributed by atoms with E-state index in [0.29, 0.717) is 71.4 Å². The second-order valence-corrected chi connectivity index (χ2v) is 11.4. The van der Waals surface area contributed by atoms with Crippen molar-refractivity contribution < 1.29 is 27.5 Å². The van der Waals surface area contributed by atoms with Gasteiger partial charge in [-0.2, -0.15) is 0 Å². The van der Waals surface area contributed by atoms with Gasteiger partial charge in [-0.1, -0.05) is 91.0 Å². The maximum Gasteiger partial charge on any atom is 0.502 e. The van der Waals surface area contributed by atoms with Gasteiger partial charge < -0.3 is 27.5 Å². The lowest BCUT2D eigenvalue weighted by Crippen LogP contribution is -2.48. The van der Waals surface area contributed by atoms with Crippen molar-refractivity contribution in [1.82, 2.24) is 0 Å². The Morgan fingerprint density at radius 3 is 1.08 bits per heavy atom. The summed E-state index contributed by atoms with van der Waals surface area (Å²) in [6.45, 7) is 3.90. The van der Waals surface area contributed by atoms with Crippen LogP contribution in [0.4, 0.5) is 0 Å². The first kappa shape index (κ1) is 29.5. The fraction of sp³-hybridized carbons (Fsp3) is 0.379. The van der Waals surface area contributed by atoms with Crippen molar-refractivity contribution in [3.8, 4) is 0 Å². The van der Waals surface area contributed by atoms with Crippen molar-refractivity contribution in [2.75, 3.05) is 45.5 Å². The zero-order valence-electron chi connectivity index (χ0n) is 21.3. The summed E-state index contributed by atoms with van der Waals surface area (Å²) in [5, 5.41) is 0. The van der Waals surface area contributed by atoms with E-state index in [2.05, 4.69) is 0 Å². The highest BCUT2D eigenvalue weighted by molar-refractivity contribution is 6.61. The SMILES string of the molecule is ClCC[Si](OCCOCc1ccccc1)(OCCOCc1ccccc1)OCCOCc1ccccc1. The average molecular weight is 545 g/mol. The van der Waals surface area contributed by atoms with Gasteiger partial charge in [-0.25, -0.2) is 0 Å². The Bertz CT molecular complexity index is 828. The number of ether oxygens (including phenoxy) is 3. The van der Waals surface area contributed by atoms with Gasteiger partial charge in [0.05, 0.1) is 59.5 Å². The molecule has 0 spiro atoms. The molecule has 0 fully saturated rings. The summed E-state index contributed by atoms with van der Waals surface area (Å²) in [4.78, 5) is 0. The molecule has 0 aliphatic rings. The number of benzene rings is 3. The molecule has 0 aliphatic heterocycles. The Labute approximate surface area is 226 Å². The highest BCUT2D eigenvalue weighted by Gasteiger charge is 2.40. The van der Waals surface area contributed by atoms with Gasteiger partial charge in [0.1, 0.15) is 0 Å². The third-order valence-corrected chi connectivity index (χ3v) is 8.68. The molecule has 8 heteroatoms. The molecule has 0 amide bonds. The molecule has 37 heavy (non-hydrogen) atoms. The van der Waals surface area contributed by atoms with E-state index in [0.717, 1.165) is 16.7 Å². The lowest BCUT2D eigenvalue weighted by atomic mass is 10.2. The molecule has 0 aliphatic carbocycles. The van der Waals surface area contributed by atoms with E-state index < -0.39 is 8.80 Å². The molecular formula is C29H37ClO6Si. The lowest BCUT2D eigenvalue weighted by Gasteiger charge is -2.29. The van der Waals surface area contributed by atoms with Crippen LogP contribution in [0.2, 0.25) is 6.04 Å². The number of rotatable bonds is 20. The van der Waals surface area contributed by atoms with E-state index in [9.17, 15) is 0 Å². The molecule has 0 atom stereocenters. The molecule has 0 unspecified atom stereocenters. The van der Waals surface area contributed by atoms with Crippen LogP contribution < -0.4 is 0 Å². The van der Waals surface area contributed by atoms with Gasteiger partial charge in [0.2, 0.25) is 0 Å². The lowest BCUT2D eigenvalue weighted by molar-refractivity contribution is -0.00364. The van der Waals surface area contributed by atoms with Crippen molar-refractivity contribution in [2.45, 2.75) is 25.9 Å². The zero-order valence-corrected chi connectivity index (χ0v) is 23.0. The molecule has 200 valence electrons. The van der Waals surface area contributed by atoms with E-state index in [1.165, 1.54) is 0 Å². The minimum absolute atomic E-state index is 0.353. The van der Waals surface area contributed by atoms with Crippen molar-refractivity contribution in [3.05, 3.63) is 108 Å². The normalized spacial score (nSPS) is 11.6. The average Bonchev–Trinajstić information content (AvgIpc) is 2.94. The van der Waals surface area contributed by atoms with Gasteiger partial charge in [-0.3, -0.25) is 0 Å². The molecule has 0 N–H and O–H groups in total. The molecule has 3 aromatic rings. The number of halogens is 1. The molecule has 0 saturated heterocycles. The molecular weight excluding hydrogens is 508 g/mol. The van der Waals surface area contributed by atoms with Crippen LogP contribution in [0.25, 0.3) is 0 Å². The minimum atomic E-state index is -3.06. The van der Waals surface area contributed by atoms with Gasteiger partial charge >= 0.3 is 8.80 Å². The van der Waals surface area contributed by atoms with Crippen LogP contribution in [-0.2, 0) is 47.3 Å². The number of hydrogen-bond acceptors (Lipinski definition) is 6. The predicted molar refractivity (Wildman–Crippen MR) is 147 cm³/mol. The Balaban J connectivity index is 1.45. The standard InChI is InChI=1S/C29H37ClO6Si/c30-16-23-37(34-20-17-31-24-27-10-4-1-5-11-27,35-21-18-32-25-28-12-6-2-7-13-28)36-22-19-33-26-29-14-8-3-9-15-29/h1-15H,16-26H2. The van der Waals surface area contributed by atoms with Crippen LogP contribution in [0.1, 0.15) is 16.7 Å². The second kappa shape index (κ2) is 18.2. The van der Waals surface area contributed by atoms with Gasteiger partial charge in [0.25, 0.3) is 0 Å². The second-order valence-electron chi connectivity index (χ2n) is 8.28. The zero-order chi connectivity index (χ0) is 25.9. The Hall–Kier alpha value is -2.07. The number of hydrogen-bond donors (Lipinski definition) is 0. The van der Waals surface area contributed by atoms with Crippen LogP contribution in [0.15, 0.2) is 91.0 Å². The summed E-state index contributed by atoms with van der Waals surface area (Å²) < 4.78 is 36.0. The van der Waals surface area contributed by atoms with E-state index in [1.807, 2.05) is 91.0 Å². The van der Waals surface area contributed by atoms with Crippen LogP contribution in [0, 0.1) is 0 Å². The summed E-state index contributed by atoms with van der Waals surface area (Å²) in [6, 6.07) is 30.6. The van der Waals surface area contributed by atoms with Crippen LogP contribution >= 0.6 is 11.6 Å². The van der Waals surface area contributed by atoms with Gasteiger partial charge in [-0.05, 0) is 16.7 Å². The third kappa shape index (κ3) is 12.3. The smallest absolute Gasteiger partial charge is 0.374 e. The topological polar surface area (TPSA) is 55.4 Å². The fourth-order valence-corrected chi connectivity index (χ4v) is 6.31. The van der Waals surface area contributed by atoms with Crippen molar-refractivity contribution in [2.24, 2.45) is 0 Å². The Morgan fingerprint density at radius 1 is 0.459 bits per heavy atom. The predicted octanol–water partition coefficient (Wildman–Crippen LogP) is 5.86. The maximum atomic E-state index is 6.21. The molecule has 6 nitrogen and oxygen atoms in total.